The Morgan fingerprint density at radius 3 is 2.57 bits per heavy atom. The van der Waals surface area contributed by atoms with Gasteiger partial charge in [-0.15, -0.1) is 0 Å². The van der Waals surface area contributed by atoms with Crippen molar-refractivity contribution in [3.8, 4) is 0 Å². The van der Waals surface area contributed by atoms with E-state index in [1.807, 2.05) is 6.92 Å². The van der Waals surface area contributed by atoms with E-state index in [1.54, 1.807) is 32.2 Å². The molecule has 30 heavy (non-hydrogen) atoms. The molecule has 164 valence electrons. The van der Waals surface area contributed by atoms with Gasteiger partial charge in [-0.05, 0) is 56.4 Å². The number of hydrogen-bond acceptors (Lipinski definition) is 4. The SMILES string of the molecule is CCc1ccc(Nc2c(NS(=O)C3(CC(F)CO)CC3)cc(C)c(=O)n2C)c(F)c1. The van der Waals surface area contributed by atoms with Crippen LogP contribution in [0.25, 0.3) is 0 Å². The average Bonchev–Trinajstić information content (AvgIpc) is 3.50. The molecule has 1 fully saturated rings. The molecule has 1 aromatic heterocycles. The first-order valence-corrected chi connectivity index (χ1v) is 11.0. The van der Waals surface area contributed by atoms with Crippen LogP contribution in [0.2, 0.25) is 0 Å². The molecule has 1 aliphatic rings. The van der Waals surface area contributed by atoms with E-state index in [-0.39, 0.29) is 23.5 Å². The van der Waals surface area contributed by atoms with Crippen LogP contribution >= 0.6 is 0 Å². The monoisotopic (exact) mass is 439 g/mol. The highest BCUT2D eigenvalue weighted by Gasteiger charge is 2.50. The summed E-state index contributed by atoms with van der Waals surface area (Å²) >= 11 is 0. The molecule has 9 heteroatoms. The number of aliphatic hydroxyl groups is 1. The zero-order valence-electron chi connectivity index (χ0n) is 17.3. The fourth-order valence-electron chi connectivity index (χ4n) is 3.41. The quantitative estimate of drug-likeness (QED) is 0.559. The van der Waals surface area contributed by atoms with Gasteiger partial charge in [-0.3, -0.25) is 9.36 Å². The Kier molecular flexibility index (Phi) is 6.62. The highest BCUT2D eigenvalue weighted by atomic mass is 32.2. The van der Waals surface area contributed by atoms with Crippen molar-refractivity contribution in [2.45, 2.75) is 50.4 Å². The smallest absolute Gasteiger partial charge is 0.254 e. The molecule has 0 radical (unpaired) electrons. The van der Waals surface area contributed by atoms with Crippen molar-refractivity contribution in [2.24, 2.45) is 7.05 Å². The maximum absolute atomic E-state index is 14.5. The Bertz CT molecular complexity index is 1020. The van der Waals surface area contributed by atoms with Crippen molar-refractivity contribution in [3.63, 3.8) is 0 Å². The molecule has 1 heterocycles. The van der Waals surface area contributed by atoms with Crippen molar-refractivity contribution in [1.29, 1.82) is 0 Å². The summed E-state index contributed by atoms with van der Waals surface area (Å²) in [5, 5.41) is 11.9. The first-order chi connectivity index (χ1) is 14.2. The number of aliphatic hydroxyl groups excluding tert-OH is 1. The summed E-state index contributed by atoms with van der Waals surface area (Å²) in [4.78, 5) is 12.4. The first kappa shape index (κ1) is 22.4. The fourth-order valence-corrected chi connectivity index (χ4v) is 4.79. The number of halogens is 2. The molecular weight excluding hydrogens is 412 g/mol. The van der Waals surface area contributed by atoms with Crippen LogP contribution in [-0.4, -0.2) is 31.4 Å². The standard InChI is InChI=1S/C21H27F2N3O3S/c1-4-14-5-6-17(16(23)10-14)24-19-18(9-13(2)20(28)26(19)3)25-30(29)21(7-8-21)11-15(22)12-27/h5-6,9-10,15,24-25,27H,4,7-8,11-12H2,1-3H3. The van der Waals surface area contributed by atoms with Crippen LogP contribution < -0.4 is 15.6 Å². The third-order valence-corrected chi connectivity index (χ3v) is 7.25. The Balaban J connectivity index is 1.93. The lowest BCUT2D eigenvalue weighted by Gasteiger charge is -2.21. The van der Waals surface area contributed by atoms with Crippen LogP contribution in [0.1, 0.15) is 37.3 Å². The van der Waals surface area contributed by atoms with E-state index in [2.05, 4.69) is 10.0 Å². The van der Waals surface area contributed by atoms with E-state index in [4.69, 9.17) is 5.11 Å². The lowest BCUT2D eigenvalue weighted by atomic mass is 10.1. The fraction of sp³-hybridized carbons (Fsp3) is 0.476. The van der Waals surface area contributed by atoms with Crippen LogP contribution in [0.15, 0.2) is 29.1 Å². The molecule has 2 atom stereocenters. The number of aromatic nitrogens is 1. The van der Waals surface area contributed by atoms with Gasteiger partial charge >= 0.3 is 0 Å². The zero-order valence-corrected chi connectivity index (χ0v) is 18.1. The van der Waals surface area contributed by atoms with Crippen molar-refractivity contribution < 1.29 is 18.1 Å². The Morgan fingerprint density at radius 2 is 2.00 bits per heavy atom. The number of rotatable bonds is 9. The predicted octanol–water partition coefficient (Wildman–Crippen LogP) is 3.47. The predicted molar refractivity (Wildman–Crippen MR) is 116 cm³/mol. The number of nitrogens with zero attached hydrogens (tertiary/aromatic N) is 1. The summed E-state index contributed by atoms with van der Waals surface area (Å²) in [5.74, 6) is -0.201. The normalized spacial score (nSPS) is 16.7. The highest BCUT2D eigenvalue weighted by Crippen LogP contribution is 2.46. The van der Waals surface area contributed by atoms with Gasteiger partial charge in [0.1, 0.15) is 28.8 Å². The van der Waals surface area contributed by atoms with E-state index in [1.165, 1.54) is 10.6 Å². The highest BCUT2D eigenvalue weighted by molar-refractivity contribution is 7.88. The second-order valence-electron chi connectivity index (χ2n) is 7.78. The number of alkyl halides is 1. The Morgan fingerprint density at radius 1 is 1.30 bits per heavy atom. The number of benzene rings is 1. The average molecular weight is 440 g/mol. The van der Waals surface area contributed by atoms with Crippen LogP contribution in [0.5, 0.6) is 0 Å². The van der Waals surface area contributed by atoms with Crippen molar-refractivity contribution in [2.75, 3.05) is 16.6 Å². The molecule has 3 rings (SSSR count). The van der Waals surface area contributed by atoms with E-state index in [0.717, 1.165) is 5.56 Å². The van der Waals surface area contributed by atoms with Gasteiger partial charge in [0.25, 0.3) is 5.56 Å². The summed E-state index contributed by atoms with van der Waals surface area (Å²) < 4.78 is 44.7. The molecule has 0 saturated heterocycles. The summed E-state index contributed by atoms with van der Waals surface area (Å²) in [5.41, 5.74) is 1.54. The van der Waals surface area contributed by atoms with Gasteiger partial charge in [-0.2, -0.15) is 0 Å². The lowest BCUT2D eigenvalue weighted by molar-refractivity contribution is 0.167. The molecule has 2 aromatic rings. The number of hydrogen-bond donors (Lipinski definition) is 3. The third-order valence-electron chi connectivity index (χ3n) is 5.48. The molecule has 1 aromatic carbocycles. The van der Waals surface area contributed by atoms with Gasteiger partial charge in [-0.25, -0.2) is 13.0 Å². The molecule has 6 nitrogen and oxygen atoms in total. The molecule has 0 amide bonds. The van der Waals surface area contributed by atoms with E-state index >= 15 is 0 Å². The molecule has 1 saturated carbocycles. The molecular formula is C21H27F2N3O3S. The lowest BCUT2D eigenvalue weighted by Crippen LogP contribution is -2.29. The number of anilines is 3. The summed E-state index contributed by atoms with van der Waals surface area (Å²) in [6, 6.07) is 6.36. The summed E-state index contributed by atoms with van der Waals surface area (Å²) in [6.07, 6.45) is 0.395. The minimum absolute atomic E-state index is 0.0102. The van der Waals surface area contributed by atoms with Crippen molar-refractivity contribution >= 4 is 28.2 Å². The maximum Gasteiger partial charge on any atom is 0.254 e. The molecule has 1 aliphatic carbocycles. The van der Waals surface area contributed by atoms with Crippen molar-refractivity contribution in [1.82, 2.24) is 4.57 Å². The largest absolute Gasteiger partial charge is 0.393 e. The molecule has 0 aliphatic heterocycles. The van der Waals surface area contributed by atoms with Crippen molar-refractivity contribution in [3.05, 3.63) is 51.6 Å². The maximum atomic E-state index is 14.5. The zero-order chi connectivity index (χ0) is 22.1. The molecule has 0 spiro atoms. The van der Waals surface area contributed by atoms with Crippen LogP contribution in [0.3, 0.4) is 0 Å². The second-order valence-corrected chi connectivity index (χ2v) is 9.39. The Hall–Kier alpha value is -2.26. The van der Waals surface area contributed by atoms with Gasteiger partial charge in [0.05, 0.1) is 22.7 Å². The summed E-state index contributed by atoms with van der Waals surface area (Å²) in [7, 11) is -0.103. The summed E-state index contributed by atoms with van der Waals surface area (Å²) in [6.45, 7) is 2.94. The minimum atomic E-state index is -1.64. The Labute approximate surface area is 176 Å². The minimum Gasteiger partial charge on any atom is -0.393 e. The van der Waals surface area contributed by atoms with Gasteiger partial charge < -0.3 is 15.1 Å². The van der Waals surface area contributed by atoms with E-state index in [9.17, 15) is 17.8 Å². The van der Waals surface area contributed by atoms with Crippen LogP contribution in [-0.2, 0) is 24.5 Å². The van der Waals surface area contributed by atoms with Gasteiger partial charge in [0.15, 0.2) is 0 Å². The molecule has 3 N–H and O–H groups in total. The topological polar surface area (TPSA) is 83.4 Å². The third kappa shape index (κ3) is 4.57. The van der Waals surface area contributed by atoms with Crippen LogP contribution in [0, 0.1) is 12.7 Å². The number of pyridine rings is 1. The van der Waals surface area contributed by atoms with Gasteiger partial charge in [0, 0.05) is 12.6 Å². The van der Waals surface area contributed by atoms with E-state index in [0.29, 0.717) is 30.5 Å². The number of aryl methyl sites for hydroxylation is 2. The van der Waals surface area contributed by atoms with E-state index < -0.39 is 34.3 Å². The number of nitrogens with one attached hydrogen (secondary N) is 2. The van der Waals surface area contributed by atoms with Gasteiger partial charge in [-0.1, -0.05) is 13.0 Å². The molecule has 0 bridgehead atoms. The van der Waals surface area contributed by atoms with Crippen LogP contribution in [0.4, 0.5) is 26.0 Å². The van der Waals surface area contributed by atoms with Gasteiger partial charge in [0.2, 0.25) is 0 Å². The second kappa shape index (κ2) is 8.85. The first-order valence-electron chi connectivity index (χ1n) is 9.90. The molecule has 2 unspecified atom stereocenters.